The van der Waals surface area contributed by atoms with Crippen molar-refractivity contribution in [3.05, 3.63) is 0 Å². The number of halogens is 3. The van der Waals surface area contributed by atoms with Crippen LogP contribution in [0.3, 0.4) is 0 Å². The fourth-order valence-corrected chi connectivity index (χ4v) is 4.41. The first-order valence-corrected chi connectivity index (χ1v) is 8.69. The third-order valence-electron chi connectivity index (χ3n) is 5.41. The van der Waals surface area contributed by atoms with Crippen molar-refractivity contribution in [1.29, 1.82) is 0 Å². The van der Waals surface area contributed by atoms with E-state index in [1.807, 2.05) is 0 Å². The van der Waals surface area contributed by atoms with Crippen LogP contribution in [0.4, 0.5) is 13.2 Å². The predicted octanol–water partition coefficient (Wildman–Crippen LogP) is 1.91. The van der Waals surface area contributed by atoms with E-state index in [1.54, 1.807) is 0 Å². The maximum atomic E-state index is 12.4. The van der Waals surface area contributed by atoms with Crippen LogP contribution in [0.15, 0.2) is 0 Å². The third kappa shape index (κ3) is 5.08. The Morgan fingerprint density at radius 1 is 1.13 bits per heavy atom. The number of likely N-dealkylation sites (tertiary alicyclic amines) is 1. The van der Waals surface area contributed by atoms with Crippen molar-refractivity contribution in [1.82, 2.24) is 15.5 Å². The van der Waals surface area contributed by atoms with Crippen molar-refractivity contribution in [2.75, 3.05) is 26.2 Å². The van der Waals surface area contributed by atoms with Crippen LogP contribution in [-0.2, 0) is 4.79 Å². The van der Waals surface area contributed by atoms with Gasteiger partial charge in [0, 0.05) is 31.6 Å². The molecule has 23 heavy (non-hydrogen) atoms. The van der Waals surface area contributed by atoms with Gasteiger partial charge in [-0.2, -0.15) is 13.2 Å². The van der Waals surface area contributed by atoms with Crippen molar-refractivity contribution < 1.29 is 18.0 Å². The molecule has 3 atom stereocenters. The molecule has 3 aliphatic heterocycles. The summed E-state index contributed by atoms with van der Waals surface area (Å²) in [5, 5.41) is 6.50. The number of nitrogens with zero attached hydrogens (tertiary/aromatic N) is 1. The highest BCUT2D eigenvalue weighted by Crippen LogP contribution is 2.32. The molecule has 132 valence electrons. The van der Waals surface area contributed by atoms with Gasteiger partial charge in [0.05, 0.1) is 6.54 Å². The summed E-state index contributed by atoms with van der Waals surface area (Å²) in [5.74, 6) is 0.662. The SMILES string of the molecule is O=C(CC1CC2CCC(C1)N2)NCC1CCN(CC(F)(F)F)C1. The summed E-state index contributed by atoms with van der Waals surface area (Å²) in [5.41, 5.74) is 0. The second-order valence-electron chi connectivity index (χ2n) is 7.49. The minimum atomic E-state index is -4.13. The molecule has 3 rings (SSSR count). The van der Waals surface area contributed by atoms with Crippen molar-refractivity contribution >= 4 is 5.91 Å². The molecule has 0 aromatic heterocycles. The normalized spacial score (nSPS) is 34.7. The van der Waals surface area contributed by atoms with Crippen molar-refractivity contribution in [2.45, 2.75) is 56.8 Å². The highest BCUT2D eigenvalue weighted by atomic mass is 19.4. The third-order valence-corrected chi connectivity index (χ3v) is 5.41. The highest BCUT2D eigenvalue weighted by molar-refractivity contribution is 5.76. The van der Waals surface area contributed by atoms with E-state index in [1.165, 1.54) is 17.7 Å². The molecule has 7 heteroatoms. The van der Waals surface area contributed by atoms with E-state index in [-0.39, 0.29) is 11.8 Å². The predicted molar refractivity (Wildman–Crippen MR) is 80.9 cm³/mol. The molecule has 1 amide bonds. The Bertz CT molecular complexity index is 417. The van der Waals surface area contributed by atoms with Gasteiger partial charge in [-0.1, -0.05) is 0 Å². The second-order valence-corrected chi connectivity index (χ2v) is 7.49. The number of carbonyl (C=O) groups excluding carboxylic acids is 1. The molecule has 3 aliphatic rings. The number of alkyl halides is 3. The van der Waals surface area contributed by atoms with Crippen LogP contribution >= 0.6 is 0 Å². The molecule has 0 saturated carbocycles. The molecule has 4 nitrogen and oxygen atoms in total. The topological polar surface area (TPSA) is 44.4 Å². The zero-order valence-electron chi connectivity index (χ0n) is 13.4. The van der Waals surface area contributed by atoms with Crippen LogP contribution in [0.2, 0.25) is 0 Å². The summed E-state index contributed by atoms with van der Waals surface area (Å²) in [6, 6.07) is 1.16. The molecule has 0 radical (unpaired) electrons. The molecule has 0 aromatic carbocycles. The Balaban J connectivity index is 1.33. The molecular weight excluding hydrogens is 307 g/mol. The maximum Gasteiger partial charge on any atom is 0.401 e. The average molecular weight is 333 g/mol. The largest absolute Gasteiger partial charge is 0.401 e. The number of fused-ring (bicyclic) bond motifs is 2. The molecule has 3 fully saturated rings. The molecule has 0 spiro atoms. The fourth-order valence-electron chi connectivity index (χ4n) is 4.41. The maximum absolute atomic E-state index is 12.4. The van der Waals surface area contributed by atoms with Crippen molar-refractivity contribution in [3.63, 3.8) is 0 Å². The van der Waals surface area contributed by atoms with Gasteiger partial charge in [-0.3, -0.25) is 9.69 Å². The van der Waals surface area contributed by atoms with Gasteiger partial charge in [-0.05, 0) is 50.5 Å². The first kappa shape index (κ1) is 17.0. The van der Waals surface area contributed by atoms with Crippen LogP contribution in [0.25, 0.3) is 0 Å². The summed E-state index contributed by atoms with van der Waals surface area (Å²) in [7, 11) is 0. The Labute approximate surface area is 135 Å². The quantitative estimate of drug-likeness (QED) is 0.808. The van der Waals surface area contributed by atoms with Gasteiger partial charge in [0.2, 0.25) is 5.91 Å². The van der Waals surface area contributed by atoms with Crippen molar-refractivity contribution in [2.24, 2.45) is 11.8 Å². The number of rotatable bonds is 5. The number of hydrogen-bond donors (Lipinski definition) is 2. The van der Waals surface area contributed by atoms with Gasteiger partial charge >= 0.3 is 6.18 Å². The lowest BCUT2D eigenvalue weighted by molar-refractivity contribution is -0.143. The van der Waals surface area contributed by atoms with Gasteiger partial charge in [0.1, 0.15) is 0 Å². The van der Waals surface area contributed by atoms with Gasteiger partial charge in [-0.25, -0.2) is 0 Å². The molecule has 0 aromatic rings. The average Bonchev–Trinajstić information content (AvgIpc) is 3.01. The monoisotopic (exact) mass is 333 g/mol. The smallest absolute Gasteiger partial charge is 0.356 e. The van der Waals surface area contributed by atoms with Crippen LogP contribution in [-0.4, -0.2) is 55.2 Å². The lowest BCUT2D eigenvalue weighted by atomic mass is 9.89. The van der Waals surface area contributed by atoms with E-state index in [0.717, 1.165) is 19.3 Å². The Kier molecular flexibility index (Phi) is 5.16. The molecule has 2 N–H and O–H groups in total. The first-order chi connectivity index (χ1) is 10.9. The Morgan fingerprint density at radius 3 is 2.48 bits per heavy atom. The van der Waals surface area contributed by atoms with E-state index >= 15 is 0 Å². The number of amides is 1. The van der Waals surface area contributed by atoms with E-state index < -0.39 is 12.7 Å². The number of carbonyl (C=O) groups is 1. The second kappa shape index (κ2) is 6.97. The highest BCUT2D eigenvalue weighted by Gasteiger charge is 2.35. The van der Waals surface area contributed by atoms with Crippen molar-refractivity contribution in [3.8, 4) is 0 Å². The molecule has 3 unspecified atom stereocenters. The van der Waals surface area contributed by atoms with Crippen LogP contribution in [0.5, 0.6) is 0 Å². The summed E-state index contributed by atoms with van der Waals surface area (Å²) >= 11 is 0. The van der Waals surface area contributed by atoms with Crippen LogP contribution < -0.4 is 10.6 Å². The zero-order valence-corrected chi connectivity index (χ0v) is 13.4. The molecule has 0 aliphatic carbocycles. The van der Waals surface area contributed by atoms with Gasteiger partial charge in [0.25, 0.3) is 0 Å². The van der Waals surface area contributed by atoms with Gasteiger partial charge in [-0.15, -0.1) is 0 Å². The Morgan fingerprint density at radius 2 is 1.83 bits per heavy atom. The fraction of sp³-hybridized carbons (Fsp3) is 0.938. The Hall–Kier alpha value is -0.820. The summed E-state index contributed by atoms with van der Waals surface area (Å²) in [6.07, 6.45) is 1.76. The number of nitrogens with one attached hydrogen (secondary N) is 2. The van der Waals surface area contributed by atoms with Gasteiger partial charge < -0.3 is 10.6 Å². The van der Waals surface area contributed by atoms with Crippen LogP contribution in [0, 0.1) is 11.8 Å². The molecular formula is C16H26F3N3O. The van der Waals surface area contributed by atoms with E-state index in [9.17, 15) is 18.0 Å². The first-order valence-electron chi connectivity index (χ1n) is 8.69. The van der Waals surface area contributed by atoms with Crippen LogP contribution in [0.1, 0.15) is 38.5 Å². The van der Waals surface area contributed by atoms with E-state index in [2.05, 4.69) is 10.6 Å². The van der Waals surface area contributed by atoms with Gasteiger partial charge in [0.15, 0.2) is 0 Å². The lowest BCUT2D eigenvalue weighted by Gasteiger charge is -2.28. The summed E-state index contributed by atoms with van der Waals surface area (Å²) in [6.45, 7) is 0.565. The molecule has 3 heterocycles. The zero-order chi connectivity index (χ0) is 16.4. The lowest BCUT2D eigenvalue weighted by Crippen LogP contribution is -2.40. The number of piperidine rings is 1. The molecule has 3 saturated heterocycles. The minimum Gasteiger partial charge on any atom is -0.356 e. The standard InChI is InChI=1S/C16H26F3N3O/c17-16(18,19)10-22-4-3-11(9-22)8-20-15(23)7-12-5-13-1-2-14(6-12)21-13/h11-14,21H,1-10H2,(H,20,23). The number of hydrogen-bond acceptors (Lipinski definition) is 3. The summed E-state index contributed by atoms with van der Waals surface area (Å²) < 4.78 is 37.1. The summed E-state index contributed by atoms with van der Waals surface area (Å²) in [4.78, 5) is 13.5. The van der Waals surface area contributed by atoms with E-state index in [4.69, 9.17) is 0 Å². The molecule has 2 bridgehead atoms. The minimum absolute atomic E-state index is 0.0607. The van der Waals surface area contributed by atoms with E-state index in [0.29, 0.717) is 44.1 Å².